The number of hydrogen-bond acceptors (Lipinski definition) is 2. The topological polar surface area (TPSA) is 33.2 Å². The van der Waals surface area contributed by atoms with E-state index in [2.05, 4.69) is 9.88 Å². The quantitative estimate of drug-likeness (QED) is 0.801. The van der Waals surface area contributed by atoms with Crippen LogP contribution >= 0.6 is 0 Å². The summed E-state index contributed by atoms with van der Waals surface area (Å²) in [6.07, 6.45) is 11.1. The maximum atomic E-state index is 12.5. The number of hydrogen-bond donors (Lipinski definition) is 0. The van der Waals surface area contributed by atoms with Crippen molar-refractivity contribution in [3.8, 4) is 0 Å². The first-order valence-electron chi connectivity index (χ1n) is 7.07. The number of likely N-dealkylation sites (tertiary alicyclic amines) is 1. The highest BCUT2D eigenvalue weighted by atomic mass is 16.2. The first kappa shape index (κ1) is 11.7. The third-order valence-corrected chi connectivity index (χ3v) is 4.43. The molecule has 0 bridgehead atoms. The van der Waals surface area contributed by atoms with Gasteiger partial charge in [0.1, 0.15) is 0 Å². The molecule has 1 aliphatic carbocycles. The zero-order valence-electron chi connectivity index (χ0n) is 10.7. The van der Waals surface area contributed by atoms with E-state index in [1.807, 2.05) is 12.1 Å². The summed E-state index contributed by atoms with van der Waals surface area (Å²) in [5.41, 5.74) is 0.787. The van der Waals surface area contributed by atoms with Crippen LogP contribution in [-0.4, -0.2) is 28.4 Å². The van der Waals surface area contributed by atoms with Crippen LogP contribution in [0, 0.1) is 5.92 Å². The molecule has 1 unspecified atom stereocenters. The molecular weight excluding hydrogens is 224 g/mol. The maximum Gasteiger partial charge on any atom is 0.254 e. The van der Waals surface area contributed by atoms with Crippen LogP contribution in [0.1, 0.15) is 48.9 Å². The minimum absolute atomic E-state index is 0.201. The molecule has 1 saturated heterocycles. The standard InChI is InChI=1S/C15H20N2O/c18-15(13-7-9-16-10-8-13)17-11-3-6-14(17)12-4-1-2-5-12/h7-10,12,14H,1-6,11H2. The van der Waals surface area contributed by atoms with Crippen LogP contribution in [0.15, 0.2) is 24.5 Å². The van der Waals surface area contributed by atoms with Gasteiger partial charge in [0.15, 0.2) is 0 Å². The van der Waals surface area contributed by atoms with Crippen molar-refractivity contribution in [3.05, 3.63) is 30.1 Å². The predicted octanol–water partition coefficient (Wildman–Crippen LogP) is 2.88. The smallest absolute Gasteiger partial charge is 0.254 e. The number of pyridine rings is 1. The van der Waals surface area contributed by atoms with Crippen LogP contribution in [0.4, 0.5) is 0 Å². The van der Waals surface area contributed by atoms with Crippen LogP contribution < -0.4 is 0 Å². The summed E-state index contributed by atoms with van der Waals surface area (Å²) in [4.78, 5) is 18.6. The molecule has 0 spiro atoms. The molecule has 2 aliphatic rings. The van der Waals surface area contributed by atoms with E-state index in [0.717, 1.165) is 24.4 Å². The van der Waals surface area contributed by atoms with E-state index in [1.165, 1.54) is 32.1 Å². The Morgan fingerprint density at radius 3 is 2.56 bits per heavy atom. The number of carbonyl (C=O) groups excluding carboxylic acids is 1. The SMILES string of the molecule is O=C(c1ccncc1)N1CCCC1C1CCCC1. The first-order chi connectivity index (χ1) is 8.86. The summed E-state index contributed by atoms with van der Waals surface area (Å²) in [6, 6.07) is 4.15. The molecule has 1 aromatic rings. The average Bonchev–Trinajstić information content (AvgIpc) is 3.09. The summed E-state index contributed by atoms with van der Waals surface area (Å²) in [5.74, 6) is 0.949. The van der Waals surface area contributed by atoms with Gasteiger partial charge in [-0.3, -0.25) is 9.78 Å². The Morgan fingerprint density at radius 2 is 1.83 bits per heavy atom. The summed E-state index contributed by atoms with van der Waals surface area (Å²) < 4.78 is 0. The lowest BCUT2D eigenvalue weighted by Gasteiger charge is -2.29. The molecule has 0 radical (unpaired) electrons. The second-order valence-electron chi connectivity index (χ2n) is 5.49. The van der Waals surface area contributed by atoms with Crippen LogP contribution in [0.2, 0.25) is 0 Å². The van der Waals surface area contributed by atoms with Gasteiger partial charge >= 0.3 is 0 Å². The minimum atomic E-state index is 0.201. The first-order valence-corrected chi connectivity index (χ1v) is 7.07. The molecule has 1 amide bonds. The Labute approximate surface area is 108 Å². The van der Waals surface area contributed by atoms with E-state index >= 15 is 0 Å². The fourth-order valence-corrected chi connectivity index (χ4v) is 3.54. The Morgan fingerprint density at radius 1 is 1.11 bits per heavy atom. The van der Waals surface area contributed by atoms with Gasteiger partial charge in [-0.05, 0) is 43.7 Å². The number of rotatable bonds is 2. The summed E-state index contributed by atoms with van der Waals surface area (Å²) in [6.45, 7) is 0.933. The highest BCUT2D eigenvalue weighted by Gasteiger charge is 2.36. The van der Waals surface area contributed by atoms with Crippen LogP contribution in [0.25, 0.3) is 0 Å². The molecule has 1 aliphatic heterocycles. The van der Waals surface area contributed by atoms with Gasteiger partial charge in [0, 0.05) is 30.5 Å². The van der Waals surface area contributed by atoms with Crippen molar-refractivity contribution >= 4 is 5.91 Å². The molecule has 1 saturated carbocycles. The molecule has 2 fully saturated rings. The van der Waals surface area contributed by atoms with Crippen molar-refractivity contribution in [1.82, 2.24) is 9.88 Å². The molecule has 3 rings (SSSR count). The van der Waals surface area contributed by atoms with Gasteiger partial charge in [0.2, 0.25) is 0 Å². The van der Waals surface area contributed by atoms with Crippen LogP contribution in [-0.2, 0) is 0 Å². The highest BCUT2D eigenvalue weighted by molar-refractivity contribution is 5.94. The number of aromatic nitrogens is 1. The lowest BCUT2D eigenvalue weighted by Crippen LogP contribution is -2.39. The Balaban J connectivity index is 1.76. The fraction of sp³-hybridized carbons (Fsp3) is 0.600. The van der Waals surface area contributed by atoms with Crippen molar-refractivity contribution in [2.75, 3.05) is 6.54 Å². The molecule has 1 atom stereocenters. The molecule has 96 valence electrons. The van der Waals surface area contributed by atoms with E-state index in [0.29, 0.717) is 6.04 Å². The highest BCUT2D eigenvalue weighted by Crippen LogP contribution is 2.35. The van der Waals surface area contributed by atoms with Gasteiger partial charge in [0.05, 0.1) is 0 Å². The zero-order valence-corrected chi connectivity index (χ0v) is 10.7. The summed E-state index contributed by atoms with van der Waals surface area (Å²) >= 11 is 0. The van der Waals surface area contributed by atoms with Gasteiger partial charge in [-0.2, -0.15) is 0 Å². The van der Waals surface area contributed by atoms with Gasteiger partial charge in [0.25, 0.3) is 5.91 Å². The van der Waals surface area contributed by atoms with Gasteiger partial charge in [-0.1, -0.05) is 12.8 Å². The van der Waals surface area contributed by atoms with Crippen molar-refractivity contribution in [2.24, 2.45) is 5.92 Å². The lowest BCUT2D eigenvalue weighted by molar-refractivity contribution is 0.0689. The van der Waals surface area contributed by atoms with Crippen molar-refractivity contribution < 1.29 is 4.79 Å². The molecule has 3 heteroatoms. The molecule has 0 aromatic carbocycles. The molecule has 3 nitrogen and oxygen atoms in total. The van der Waals surface area contributed by atoms with Gasteiger partial charge < -0.3 is 4.90 Å². The largest absolute Gasteiger partial charge is 0.335 e. The van der Waals surface area contributed by atoms with E-state index in [-0.39, 0.29) is 5.91 Å². The lowest BCUT2D eigenvalue weighted by atomic mass is 9.95. The minimum Gasteiger partial charge on any atom is -0.335 e. The number of amides is 1. The van der Waals surface area contributed by atoms with Crippen molar-refractivity contribution in [2.45, 2.75) is 44.6 Å². The molecule has 2 heterocycles. The van der Waals surface area contributed by atoms with E-state index in [9.17, 15) is 4.79 Å². The molecule has 0 N–H and O–H groups in total. The number of nitrogens with zero attached hydrogens (tertiary/aromatic N) is 2. The Hall–Kier alpha value is -1.38. The maximum absolute atomic E-state index is 12.5. The molecule has 1 aromatic heterocycles. The second kappa shape index (κ2) is 5.09. The van der Waals surface area contributed by atoms with E-state index in [4.69, 9.17) is 0 Å². The van der Waals surface area contributed by atoms with Crippen LogP contribution in [0.5, 0.6) is 0 Å². The van der Waals surface area contributed by atoms with Crippen molar-refractivity contribution in [1.29, 1.82) is 0 Å². The Bertz CT molecular complexity index is 412. The second-order valence-corrected chi connectivity index (χ2v) is 5.49. The van der Waals surface area contributed by atoms with E-state index in [1.54, 1.807) is 12.4 Å². The van der Waals surface area contributed by atoms with Crippen molar-refractivity contribution in [3.63, 3.8) is 0 Å². The summed E-state index contributed by atoms with van der Waals surface area (Å²) in [7, 11) is 0. The average molecular weight is 244 g/mol. The van der Waals surface area contributed by atoms with Gasteiger partial charge in [-0.25, -0.2) is 0 Å². The third-order valence-electron chi connectivity index (χ3n) is 4.43. The van der Waals surface area contributed by atoms with Gasteiger partial charge in [-0.15, -0.1) is 0 Å². The zero-order chi connectivity index (χ0) is 12.4. The molecule has 18 heavy (non-hydrogen) atoms. The summed E-state index contributed by atoms with van der Waals surface area (Å²) in [5, 5.41) is 0. The normalized spacial score (nSPS) is 24.7. The Kier molecular flexibility index (Phi) is 3.31. The monoisotopic (exact) mass is 244 g/mol. The predicted molar refractivity (Wildman–Crippen MR) is 70.3 cm³/mol. The fourth-order valence-electron chi connectivity index (χ4n) is 3.54. The number of carbonyl (C=O) groups is 1. The van der Waals surface area contributed by atoms with Crippen LogP contribution in [0.3, 0.4) is 0 Å². The third kappa shape index (κ3) is 2.14. The molecular formula is C15H20N2O. The van der Waals surface area contributed by atoms with E-state index < -0.39 is 0 Å².